The molecule has 0 unspecified atom stereocenters. The molecule has 3 amide bonds. The molecule has 2 heterocycles. The molecular formula is C23H32N3O4+. The average Bonchev–Trinajstić information content (AvgIpc) is 3.03. The van der Waals surface area contributed by atoms with E-state index >= 15 is 0 Å². The van der Waals surface area contributed by atoms with Crippen molar-refractivity contribution in [1.82, 2.24) is 9.80 Å². The third-order valence-electron chi connectivity index (χ3n) is 6.92. The number of rotatable bonds is 6. The first-order valence-electron chi connectivity index (χ1n) is 11.2. The van der Waals surface area contributed by atoms with Crippen molar-refractivity contribution in [2.45, 2.75) is 38.6 Å². The zero-order valence-corrected chi connectivity index (χ0v) is 17.8. The number of amides is 3. The highest BCUT2D eigenvalue weighted by atomic mass is 16.5. The highest BCUT2D eigenvalue weighted by molar-refractivity contribution is 6.05. The van der Waals surface area contributed by atoms with Crippen LogP contribution in [0.1, 0.15) is 37.7 Å². The van der Waals surface area contributed by atoms with Crippen LogP contribution in [0.25, 0.3) is 0 Å². The van der Waals surface area contributed by atoms with Crippen molar-refractivity contribution in [2.24, 2.45) is 11.8 Å². The summed E-state index contributed by atoms with van der Waals surface area (Å²) in [5.74, 6) is 0.544. The van der Waals surface area contributed by atoms with Gasteiger partial charge in [-0.1, -0.05) is 12.8 Å². The summed E-state index contributed by atoms with van der Waals surface area (Å²) in [4.78, 5) is 42.5. The second-order valence-corrected chi connectivity index (χ2v) is 8.73. The van der Waals surface area contributed by atoms with E-state index in [0.29, 0.717) is 0 Å². The standard InChI is InChI=1S/C23H31N3O4/c1-30-18-8-6-17(7-9-18)16-24-12-14-25(15-13-24)21(27)10-11-26-22(28)19-4-2-3-5-20(19)23(26)29/h6-9,19-20H,2-5,10-16H2,1H3/p+1/t19-,20+. The van der Waals surface area contributed by atoms with Gasteiger partial charge >= 0.3 is 0 Å². The fraction of sp³-hybridized carbons (Fsp3) is 0.609. The maximum absolute atomic E-state index is 12.7. The number of hydrogen-bond acceptors (Lipinski definition) is 4. The molecule has 3 aliphatic rings. The number of fused-ring (bicyclic) bond motifs is 1. The molecule has 1 saturated carbocycles. The van der Waals surface area contributed by atoms with Crippen LogP contribution in [-0.4, -0.2) is 67.4 Å². The SMILES string of the molecule is COc1ccc(C[NH+]2CCN(C(=O)CCN3C(=O)[C@H]4CCCC[C@H]4C3=O)CC2)cc1. The van der Waals surface area contributed by atoms with E-state index < -0.39 is 0 Å². The Balaban J connectivity index is 1.22. The molecule has 1 aliphatic carbocycles. The van der Waals surface area contributed by atoms with E-state index in [1.165, 1.54) is 15.4 Å². The largest absolute Gasteiger partial charge is 0.497 e. The summed E-state index contributed by atoms with van der Waals surface area (Å²) in [6.45, 7) is 4.43. The maximum atomic E-state index is 12.7. The lowest BCUT2D eigenvalue weighted by atomic mass is 9.81. The number of hydrogen-bond donors (Lipinski definition) is 1. The molecule has 2 aliphatic heterocycles. The van der Waals surface area contributed by atoms with Gasteiger partial charge < -0.3 is 14.5 Å². The van der Waals surface area contributed by atoms with Crippen molar-refractivity contribution >= 4 is 17.7 Å². The Morgan fingerprint density at radius 3 is 2.20 bits per heavy atom. The number of nitrogens with one attached hydrogen (secondary N) is 1. The van der Waals surface area contributed by atoms with Gasteiger partial charge in [0.25, 0.3) is 0 Å². The lowest BCUT2D eigenvalue weighted by molar-refractivity contribution is -0.917. The Morgan fingerprint density at radius 2 is 1.63 bits per heavy atom. The molecule has 0 spiro atoms. The summed E-state index contributed by atoms with van der Waals surface area (Å²) in [7, 11) is 1.67. The number of imide groups is 1. The monoisotopic (exact) mass is 414 g/mol. The van der Waals surface area contributed by atoms with Gasteiger partial charge in [-0.05, 0) is 37.1 Å². The highest BCUT2D eigenvalue weighted by Gasteiger charge is 2.47. The predicted molar refractivity (Wildman–Crippen MR) is 111 cm³/mol. The van der Waals surface area contributed by atoms with Crippen LogP contribution in [0.2, 0.25) is 0 Å². The van der Waals surface area contributed by atoms with Gasteiger partial charge in [0.2, 0.25) is 17.7 Å². The fourth-order valence-electron chi connectivity index (χ4n) is 5.10. The van der Waals surface area contributed by atoms with Gasteiger partial charge in [-0.3, -0.25) is 19.3 Å². The van der Waals surface area contributed by atoms with E-state index in [9.17, 15) is 14.4 Å². The summed E-state index contributed by atoms with van der Waals surface area (Å²) in [6.07, 6.45) is 3.92. The van der Waals surface area contributed by atoms with Gasteiger partial charge in [0.1, 0.15) is 12.3 Å². The predicted octanol–water partition coefficient (Wildman–Crippen LogP) is 0.488. The Labute approximate surface area is 177 Å². The quantitative estimate of drug-likeness (QED) is 0.688. The Kier molecular flexibility index (Phi) is 6.37. The first-order valence-corrected chi connectivity index (χ1v) is 11.2. The maximum Gasteiger partial charge on any atom is 0.233 e. The van der Waals surface area contributed by atoms with Crippen molar-refractivity contribution in [3.05, 3.63) is 29.8 Å². The molecule has 1 N–H and O–H groups in total. The molecule has 0 bridgehead atoms. The number of carbonyl (C=O) groups is 3. The number of quaternary nitrogens is 1. The smallest absolute Gasteiger partial charge is 0.233 e. The van der Waals surface area contributed by atoms with Gasteiger partial charge in [-0.15, -0.1) is 0 Å². The van der Waals surface area contributed by atoms with Crippen LogP contribution >= 0.6 is 0 Å². The minimum absolute atomic E-state index is 0.0498. The Morgan fingerprint density at radius 1 is 1.03 bits per heavy atom. The van der Waals surface area contributed by atoms with Crippen LogP contribution < -0.4 is 9.64 Å². The molecule has 0 aromatic heterocycles. The van der Waals surface area contributed by atoms with Crippen molar-refractivity contribution in [1.29, 1.82) is 0 Å². The van der Waals surface area contributed by atoms with Crippen LogP contribution in [0.4, 0.5) is 0 Å². The Hall–Kier alpha value is -2.41. The minimum Gasteiger partial charge on any atom is -0.497 e. The molecule has 7 nitrogen and oxygen atoms in total. The molecule has 7 heteroatoms. The van der Waals surface area contributed by atoms with Gasteiger partial charge in [0.15, 0.2) is 0 Å². The summed E-state index contributed by atoms with van der Waals surface area (Å²) < 4.78 is 5.20. The second-order valence-electron chi connectivity index (χ2n) is 8.73. The molecule has 3 fully saturated rings. The van der Waals surface area contributed by atoms with Crippen LogP contribution in [-0.2, 0) is 20.9 Å². The van der Waals surface area contributed by atoms with Gasteiger partial charge in [-0.2, -0.15) is 0 Å². The number of nitrogens with zero attached hydrogens (tertiary/aromatic N) is 2. The van der Waals surface area contributed by atoms with Crippen molar-refractivity contribution in [3.8, 4) is 5.75 Å². The summed E-state index contributed by atoms with van der Waals surface area (Å²) in [6, 6.07) is 8.13. The number of likely N-dealkylation sites (tertiary alicyclic amines) is 1. The molecule has 4 rings (SSSR count). The molecule has 2 saturated heterocycles. The number of ether oxygens (including phenoxy) is 1. The first kappa shape index (κ1) is 20.8. The molecule has 1 aromatic carbocycles. The molecule has 1 aromatic rings. The number of methoxy groups -OCH3 is 1. The van der Waals surface area contributed by atoms with E-state index in [1.54, 1.807) is 7.11 Å². The molecule has 162 valence electrons. The number of piperazine rings is 1. The van der Waals surface area contributed by atoms with E-state index in [-0.39, 0.29) is 42.5 Å². The van der Waals surface area contributed by atoms with E-state index in [4.69, 9.17) is 4.74 Å². The van der Waals surface area contributed by atoms with Crippen LogP contribution in [0.15, 0.2) is 24.3 Å². The normalized spacial score (nSPS) is 24.8. The summed E-state index contributed by atoms with van der Waals surface area (Å²) in [5.41, 5.74) is 1.26. The topological polar surface area (TPSA) is 71.4 Å². The van der Waals surface area contributed by atoms with Crippen molar-refractivity contribution in [2.75, 3.05) is 39.8 Å². The Bertz CT molecular complexity index is 762. The average molecular weight is 415 g/mol. The highest BCUT2D eigenvalue weighted by Crippen LogP contribution is 2.37. The van der Waals surface area contributed by atoms with Crippen LogP contribution in [0, 0.1) is 11.8 Å². The van der Waals surface area contributed by atoms with Gasteiger partial charge in [-0.25, -0.2) is 0 Å². The fourth-order valence-corrected chi connectivity index (χ4v) is 5.10. The summed E-state index contributed by atoms with van der Waals surface area (Å²) >= 11 is 0. The van der Waals surface area contributed by atoms with Crippen LogP contribution in [0.5, 0.6) is 5.75 Å². The summed E-state index contributed by atoms with van der Waals surface area (Å²) in [5, 5.41) is 0. The van der Waals surface area contributed by atoms with Gasteiger partial charge in [0.05, 0.1) is 45.1 Å². The number of benzene rings is 1. The van der Waals surface area contributed by atoms with E-state index in [0.717, 1.165) is 64.2 Å². The second kappa shape index (κ2) is 9.16. The van der Waals surface area contributed by atoms with Crippen molar-refractivity contribution < 1.29 is 24.0 Å². The van der Waals surface area contributed by atoms with Crippen molar-refractivity contribution in [3.63, 3.8) is 0 Å². The molecule has 0 radical (unpaired) electrons. The molecule has 30 heavy (non-hydrogen) atoms. The lowest BCUT2D eigenvalue weighted by Crippen LogP contribution is -3.13. The number of carbonyl (C=O) groups excluding carboxylic acids is 3. The van der Waals surface area contributed by atoms with E-state index in [1.807, 2.05) is 17.0 Å². The lowest BCUT2D eigenvalue weighted by Gasteiger charge is -2.32. The third kappa shape index (κ3) is 4.36. The minimum atomic E-state index is -0.133. The van der Waals surface area contributed by atoms with Crippen LogP contribution in [0.3, 0.4) is 0 Å². The third-order valence-corrected chi connectivity index (χ3v) is 6.92. The van der Waals surface area contributed by atoms with Gasteiger partial charge in [0, 0.05) is 18.5 Å². The first-order chi connectivity index (χ1) is 14.6. The zero-order valence-electron chi connectivity index (χ0n) is 17.8. The van der Waals surface area contributed by atoms with E-state index in [2.05, 4.69) is 12.1 Å². The molecule has 2 atom stereocenters. The molecular weight excluding hydrogens is 382 g/mol. The zero-order chi connectivity index (χ0) is 21.1.